The Kier molecular flexibility index (Phi) is 2.85. The van der Waals surface area contributed by atoms with Crippen LogP contribution < -0.4 is 5.76 Å². The van der Waals surface area contributed by atoms with E-state index in [1.54, 1.807) is 25.1 Å². The highest BCUT2D eigenvalue weighted by Gasteiger charge is 2.18. The number of aromatic nitrogens is 1. The number of hydrogen-bond acceptors (Lipinski definition) is 4. The summed E-state index contributed by atoms with van der Waals surface area (Å²) in [5, 5.41) is 9.06. The first-order valence-electron chi connectivity index (χ1n) is 5.30. The highest BCUT2D eigenvalue weighted by atomic mass is 16.4. The number of aliphatic hydroxyl groups excluding tert-OH is 1. The van der Waals surface area contributed by atoms with Gasteiger partial charge in [-0.25, -0.2) is 4.79 Å². The van der Waals surface area contributed by atoms with E-state index in [0.29, 0.717) is 16.7 Å². The Balaban J connectivity index is 2.72. The maximum atomic E-state index is 11.7. The molecule has 0 saturated carbocycles. The van der Waals surface area contributed by atoms with Gasteiger partial charge in [-0.1, -0.05) is 6.07 Å². The number of benzene rings is 1. The minimum absolute atomic E-state index is 0.121. The molecule has 1 unspecified atom stereocenters. The molecule has 17 heavy (non-hydrogen) atoms. The zero-order chi connectivity index (χ0) is 12.6. The van der Waals surface area contributed by atoms with Gasteiger partial charge >= 0.3 is 5.76 Å². The molecule has 1 aromatic carbocycles. The minimum Gasteiger partial charge on any atom is -0.408 e. The van der Waals surface area contributed by atoms with E-state index in [2.05, 4.69) is 0 Å². The summed E-state index contributed by atoms with van der Waals surface area (Å²) in [5.41, 5.74) is 1.62. The summed E-state index contributed by atoms with van der Waals surface area (Å²) in [6.07, 6.45) is 0. The quantitative estimate of drug-likeness (QED) is 0.868. The van der Waals surface area contributed by atoms with Gasteiger partial charge in [0.2, 0.25) is 0 Å². The van der Waals surface area contributed by atoms with Crippen molar-refractivity contribution in [3.63, 3.8) is 0 Å². The van der Waals surface area contributed by atoms with Crippen LogP contribution in [0.25, 0.3) is 11.1 Å². The molecule has 1 heterocycles. The van der Waals surface area contributed by atoms with Gasteiger partial charge < -0.3 is 9.52 Å². The summed E-state index contributed by atoms with van der Waals surface area (Å²) >= 11 is 0. The van der Waals surface area contributed by atoms with Gasteiger partial charge in [0.25, 0.3) is 0 Å². The average Bonchev–Trinajstić information content (AvgIpc) is 2.62. The van der Waals surface area contributed by atoms with Crippen LogP contribution in [-0.2, 0) is 11.4 Å². The molecule has 0 aliphatic rings. The van der Waals surface area contributed by atoms with Crippen molar-refractivity contribution in [3.8, 4) is 0 Å². The summed E-state index contributed by atoms with van der Waals surface area (Å²) in [5.74, 6) is -0.679. The molecule has 0 spiro atoms. The lowest BCUT2D eigenvalue weighted by molar-refractivity contribution is -0.119. The van der Waals surface area contributed by atoms with E-state index in [4.69, 9.17) is 9.52 Å². The Hall–Kier alpha value is -1.88. The van der Waals surface area contributed by atoms with Gasteiger partial charge in [0, 0.05) is 0 Å². The second-order valence-electron chi connectivity index (χ2n) is 3.98. The lowest BCUT2D eigenvalue weighted by Crippen LogP contribution is -2.23. The second-order valence-corrected chi connectivity index (χ2v) is 3.98. The molecule has 0 radical (unpaired) electrons. The average molecular weight is 235 g/mol. The number of carbonyl (C=O) groups excluding carboxylic acids is 1. The maximum absolute atomic E-state index is 11.7. The van der Waals surface area contributed by atoms with Crippen LogP contribution in [0.3, 0.4) is 0 Å². The third kappa shape index (κ3) is 1.89. The van der Waals surface area contributed by atoms with Gasteiger partial charge in [0.15, 0.2) is 11.4 Å². The van der Waals surface area contributed by atoms with Crippen molar-refractivity contribution in [3.05, 3.63) is 34.3 Å². The fourth-order valence-electron chi connectivity index (χ4n) is 1.73. The van der Waals surface area contributed by atoms with Crippen LogP contribution in [0.15, 0.2) is 27.4 Å². The van der Waals surface area contributed by atoms with Crippen molar-refractivity contribution in [2.45, 2.75) is 26.5 Å². The van der Waals surface area contributed by atoms with E-state index in [0.717, 1.165) is 0 Å². The Labute approximate surface area is 97.3 Å². The second kappa shape index (κ2) is 4.18. The predicted octanol–water partition coefficient (Wildman–Crippen LogP) is 1.24. The molecule has 0 aliphatic heterocycles. The van der Waals surface area contributed by atoms with Crippen molar-refractivity contribution in [1.29, 1.82) is 0 Å². The van der Waals surface area contributed by atoms with Crippen LogP contribution in [0.4, 0.5) is 0 Å². The van der Waals surface area contributed by atoms with Gasteiger partial charge in [0.05, 0.1) is 18.2 Å². The SMILES string of the molecule is CC(=O)C(C)n1c(=O)oc2ccc(CO)cc21. The predicted molar refractivity (Wildman–Crippen MR) is 61.8 cm³/mol. The van der Waals surface area contributed by atoms with Crippen molar-refractivity contribution in [1.82, 2.24) is 4.57 Å². The van der Waals surface area contributed by atoms with Crippen LogP contribution in [0.5, 0.6) is 0 Å². The number of nitrogens with zero attached hydrogens (tertiary/aromatic N) is 1. The zero-order valence-electron chi connectivity index (χ0n) is 9.64. The third-order valence-electron chi connectivity index (χ3n) is 2.84. The number of fused-ring (bicyclic) bond motifs is 1. The van der Waals surface area contributed by atoms with Gasteiger partial charge in [-0.15, -0.1) is 0 Å². The first-order chi connectivity index (χ1) is 8.04. The van der Waals surface area contributed by atoms with Gasteiger partial charge in [0.1, 0.15) is 0 Å². The molecular weight excluding hydrogens is 222 g/mol. The standard InChI is InChI=1S/C12H13NO4/c1-7(8(2)15)13-10-5-9(6-14)3-4-11(10)17-12(13)16/h3-5,7,14H,6H2,1-2H3. The summed E-state index contributed by atoms with van der Waals surface area (Å²) in [6.45, 7) is 2.94. The van der Waals surface area contributed by atoms with Gasteiger partial charge in [-0.2, -0.15) is 0 Å². The minimum atomic E-state index is -0.572. The number of Topliss-reactive ketones (excluding diaryl/α,β-unsaturated/α-hetero) is 1. The van der Waals surface area contributed by atoms with Crippen LogP contribution in [-0.4, -0.2) is 15.5 Å². The lowest BCUT2D eigenvalue weighted by Gasteiger charge is -2.08. The molecule has 0 amide bonds. The van der Waals surface area contributed by atoms with E-state index in [9.17, 15) is 9.59 Å². The van der Waals surface area contributed by atoms with Gasteiger partial charge in [-0.05, 0) is 31.5 Å². The molecule has 1 atom stereocenters. The van der Waals surface area contributed by atoms with Gasteiger partial charge in [-0.3, -0.25) is 9.36 Å². The molecule has 0 saturated heterocycles. The molecule has 0 bridgehead atoms. The van der Waals surface area contributed by atoms with Crippen LogP contribution >= 0.6 is 0 Å². The van der Waals surface area contributed by atoms with Crippen molar-refractivity contribution < 1.29 is 14.3 Å². The van der Waals surface area contributed by atoms with E-state index < -0.39 is 11.8 Å². The molecule has 2 rings (SSSR count). The Morgan fingerprint density at radius 2 is 2.24 bits per heavy atom. The molecule has 5 nitrogen and oxygen atoms in total. The van der Waals surface area contributed by atoms with E-state index in [1.165, 1.54) is 11.5 Å². The monoisotopic (exact) mass is 235 g/mol. The van der Waals surface area contributed by atoms with Crippen molar-refractivity contribution in [2.75, 3.05) is 0 Å². The molecule has 2 aromatic rings. The van der Waals surface area contributed by atoms with Crippen molar-refractivity contribution >= 4 is 16.9 Å². The largest absolute Gasteiger partial charge is 0.420 e. The summed E-state index contributed by atoms with van der Waals surface area (Å²) in [7, 11) is 0. The Morgan fingerprint density at radius 3 is 2.82 bits per heavy atom. The molecule has 1 N–H and O–H groups in total. The van der Waals surface area contributed by atoms with Crippen LogP contribution in [0.1, 0.15) is 25.5 Å². The third-order valence-corrected chi connectivity index (χ3v) is 2.84. The van der Waals surface area contributed by atoms with Crippen molar-refractivity contribution in [2.24, 2.45) is 0 Å². The number of ketones is 1. The highest BCUT2D eigenvalue weighted by molar-refractivity contribution is 5.82. The number of oxazole rings is 1. The first kappa shape index (κ1) is 11.6. The molecule has 1 aromatic heterocycles. The van der Waals surface area contributed by atoms with Crippen LogP contribution in [0, 0.1) is 0 Å². The normalized spacial score (nSPS) is 12.9. The Morgan fingerprint density at radius 1 is 1.53 bits per heavy atom. The molecule has 5 heteroatoms. The summed E-state index contributed by atoms with van der Waals surface area (Å²) in [4.78, 5) is 23.0. The molecule has 0 aliphatic carbocycles. The summed E-state index contributed by atoms with van der Waals surface area (Å²) in [6, 6.07) is 4.37. The summed E-state index contributed by atoms with van der Waals surface area (Å²) < 4.78 is 6.35. The van der Waals surface area contributed by atoms with E-state index >= 15 is 0 Å². The number of rotatable bonds is 3. The smallest absolute Gasteiger partial charge is 0.408 e. The molecule has 90 valence electrons. The lowest BCUT2D eigenvalue weighted by atomic mass is 10.2. The number of hydrogen-bond donors (Lipinski definition) is 1. The maximum Gasteiger partial charge on any atom is 0.420 e. The highest BCUT2D eigenvalue weighted by Crippen LogP contribution is 2.19. The fourth-order valence-corrected chi connectivity index (χ4v) is 1.73. The Bertz CT molecular complexity index is 623. The fraction of sp³-hybridized carbons (Fsp3) is 0.333. The molecular formula is C12H13NO4. The topological polar surface area (TPSA) is 72.4 Å². The number of aliphatic hydroxyl groups is 1. The zero-order valence-corrected chi connectivity index (χ0v) is 9.64. The van der Waals surface area contributed by atoms with E-state index in [1.807, 2.05) is 0 Å². The number of carbonyl (C=O) groups is 1. The van der Waals surface area contributed by atoms with Crippen LogP contribution in [0.2, 0.25) is 0 Å². The first-order valence-corrected chi connectivity index (χ1v) is 5.30. The van der Waals surface area contributed by atoms with E-state index in [-0.39, 0.29) is 12.4 Å². The molecule has 0 fully saturated rings.